The Hall–Kier alpha value is -0.420. The zero-order valence-electron chi connectivity index (χ0n) is 10.1. The minimum absolute atomic E-state index is 0.0187. The number of carboxylic acids is 1. The normalized spacial score (nSPS) is 29.7. The molecular formula is C10H19NO7S. The lowest BCUT2D eigenvalue weighted by Crippen LogP contribution is -2.47. The molecule has 0 aromatic heterocycles. The fourth-order valence-corrected chi connectivity index (χ4v) is 2.99. The number of aliphatic carboxylic acids is 1. The van der Waals surface area contributed by atoms with Crippen LogP contribution in [0.3, 0.4) is 0 Å². The number of thioether (sulfide) groups is 1. The number of aliphatic hydroxyl groups is 5. The highest BCUT2D eigenvalue weighted by Crippen LogP contribution is 2.24. The predicted molar refractivity (Wildman–Crippen MR) is 66.5 cm³/mol. The van der Waals surface area contributed by atoms with Gasteiger partial charge in [-0.1, -0.05) is 0 Å². The first kappa shape index (κ1) is 16.6. The van der Waals surface area contributed by atoms with Crippen molar-refractivity contribution in [3.8, 4) is 0 Å². The average molecular weight is 297 g/mol. The van der Waals surface area contributed by atoms with Crippen LogP contribution in [0, 0.1) is 0 Å². The Kier molecular flexibility index (Phi) is 6.47. The van der Waals surface area contributed by atoms with Gasteiger partial charge in [0.2, 0.25) is 0 Å². The SMILES string of the molecule is O=C(O)[C@@H]1CS[C@H](C[C@H](O)[C@@H](O)[C@@H](O)[C@H](O)CO)N1. The summed E-state index contributed by atoms with van der Waals surface area (Å²) >= 11 is 1.29. The second-order valence-electron chi connectivity index (χ2n) is 4.41. The molecule has 1 heterocycles. The third kappa shape index (κ3) is 4.56. The molecule has 9 heteroatoms. The Morgan fingerprint density at radius 1 is 1.21 bits per heavy atom. The lowest BCUT2D eigenvalue weighted by atomic mass is 10.0. The van der Waals surface area contributed by atoms with Crippen molar-refractivity contribution >= 4 is 17.7 Å². The van der Waals surface area contributed by atoms with Crippen molar-refractivity contribution in [3.63, 3.8) is 0 Å². The summed E-state index contributed by atoms with van der Waals surface area (Å²) in [5.41, 5.74) is 0. The summed E-state index contributed by atoms with van der Waals surface area (Å²) in [4.78, 5) is 10.7. The molecule has 0 radical (unpaired) electrons. The van der Waals surface area contributed by atoms with Crippen LogP contribution >= 0.6 is 11.8 Å². The van der Waals surface area contributed by atoms with Crippen molar-refractivity contribution < 1.29 is 35.4 Å². The van der Waals surface area contributed by atoms with E-state index in [4.69, 9.17) is 15.3 Å². The molecule has 6 atom stereocenters. The molecule has 0 bridgehead atoms. The van der Waals surface area contributed by atoms with Crippen LogP contribution in [0.1, 0.15) is 6.42 Å². The van der Waals surface area contributed by atoms with Crippen molar-refractivity contribution in [1.29, 1.82) is 0 Å². The number of carboxylic acid groups (broad SMARTS) is 1. The number of hydrogen-bond acceptors (Lipinski definition) is 8. The molecular weight excluding hydrogens is 278 g/mol. The van der Waals surface area contributed by atoms with Gasteiger partial charge in [0.15, 0.2) is 0 Å². The molecule has 1 fully saturated rings. The van der Waals surface area contributed by atoms with Gasteiger partial charge in [-0.3, -0.25) is 10.1 Å². The predicted octanol–water partition coefficient (Wildman–Crippen LogP) is -3.07. The quantitative estimate of drug-likeness (QED) is 0.259. The Morgan fingerprint density at radius 2 is 1.79 bits per heavy atom. The minimum Gasteiger partial charge on any atom is -0.480 e. The van der Waals surface area contributed by atoms with Crippen molar-refractivity contribution in [3.05, 3.63) is 0 Å². The molecule has 1 aliphatic heterocycles. The van der Waals surface area contributed by atoms with E-state index in [2.05, 4.69) is 5.32 Å². The van der Waals surface area contributed by atoms with Crippen molar-refractivity contribution in [2.45, 2.75) is 42.3 Å². The van der Waals surface area contributed by atoms with Gasteiger partial charge < -0.3 is 30.6 Å². The number of nitrogens with one attached hydrogen (secondary N) is 1. The number of carbonyl (C=O) groups is 1. The summed E-state index contributed by atoms with van der Waals surface area (Å²) < 4.78 is 0. The Morgan fingerprint density at radius 3 is 2.26 bits per heavy atom. The average Bonchev–Trinajstić information content (AvgIpc) is 2.84. The number of aliphatic hydroxyl groups excluding tert-OH is 5. The Balaban J connectivity index is 2.42. The van der Waals surface area contributed by atoms with E-state index in [1.165, 1.54) is 11.8 Å². The molecule has 0 spiro atoms. The molecule has 0 aliphatic carbocycles. The monoisotopic (exact) mass is 297 g/mol. The third-order valence-corrected chi connectivity index (χ3v) is 4.19. The van der Waals surface area contributed by atoms with Crippen molar-refractivity contribution in [1.82, 2.24) is 5.32 Å². The first-order valence-electron chi connectivity index (χ1n) is 5.80. The molecule has 1 aliphatic rings. The van der Waals surface area contributed by atoms with Crippen molar-refractivity contribution in [2.24, 2.45) is 0 Å². The van der Waals surface area contributed by atoms with E-state index in [1.54, 1.807) is 0 Å². The zero-order chi connectivity index (χ0) is 14.6. The molecule has 112 valence electrons. The summed E-state index contributed by atoms with van der Waals surface area (Å²) in [5.74, 6) is -0.634. The van der Waals surface area contributed by atoms with Crippen LogP contribution in [-0.2, 0) is 4.79 Å². The molecule has 1 saturated heterocycles. The fourth-order valence-electron chi connectivity index (χ4n) is 1.73. The summed E-state index contributed by atoms with van der Waals surface area (Å²) in [6.45, 7) is -0.734. The first-order chi connectivity index (χ1) is 8.86. The highest BCUT2D eigenvalue weighted by Gasteiger charge is 2.35. The van der Waals surface area contributed by atoms with E-state index in [0.717, 1.165) is 0 Å². The number of rotatable bonds is 7. The fraction of sp³-hybridized carbons (Fsp3) is 0.900. The standard InChI is InChI=1S/C10H19NO7S/c12-2-6(14)9(16)8(15)5(13)1-7-11-4(3-19-7)10(17)18/h4-9,11-16H,1-3H2,(H,17,18)/t4-,5-,6+,7+,8+,9-/m0/s1. The van der Waals surface area contributed by atoms with Crippen LogP contribution < -0.4 is 5.32 Å². The van der Waals surface area contributed by atoms with Crippen LogP contribution in [0.5, 0.6) is 0 Å². The molecule has 19 heavy (non-hydrogen) atoms. The second kappa shape index (κ2) is 7.39. The number of hydrogen-bond donors (Lipinski definition) is 7. The maximum atomic E-state index is 10.7. The lowest BCUT2D eigenvalue weighted by Gasteiger charge is -2.27. The van der Waals surface area contributed by atoms with Crippen molar-refractivity contribution in [2.75, 3.05) is 12.4 Å². The van der Waals surface area contributed by atoms with Crippen LogP contribution in [-0.4, -0.2) is 84.8 Å². The van der Waals surface area contributed by atoms with E-state index in [1.807, 2.05) is 0 Å². The highest BCUT2D eigenvalue weighted by atomic mass is 32.2. The van der Waals surface area contributed by atoms with Gasteiger partial charge in [0.1, 0.15) is 24.4 Å². The van der Waals surface area contributed by atoms with Gasteiger partial charge in [-0.05, 0) is 0 Å². The van der Waals surface area contributed by atoms with Crippen LogP contribution in [0.15, 0.2) is 0 Å². The zero-order valence-corrected chi connectivity index (χ0v) is 10.9. The van der Waals surface area contributed by atoms with Gasteiger partial charge in [-0.25, -0.2) is 0 Å². The van der Waals surface area contributed by atoms with Gasteiger partial charge in [-0.2, -0.15) is 0 Å². The van der Waals surface area contributed by atoms with E-state index in [0.29, 0.717) is 5.75 Å². The van der Waals surface area contributed by atoms with E-state index in [-0.39, 0.29) is 11.8 Å². The van der Waals surface area contributed by atoms with Crippen LogP contribution in [0.4, 0.5) is 0 Å². The maximum absolute atomic E-state index is 10.7. The third-order valence-electron chi connectivity index (χ3n) is 2.93. The molecule has 0 amide bonds. The van der Waals surface area contributed by atoms with Gasteiger partial charge in [-0.15, -0.1) is 11.8 Å². The summed E-state index contributed by atoms with van der Waals surface area (Å²) in [5, 5.41) is 57.7. The molecule has 8 nitrogen and oxygen atoms in total. The maximum Gasteiger partial charge on any atom is 0.321 e. The van der Waals surface area contributed by atoms with Crippen LogP contribution in [0.25, 0.3) is 0 Å². The summed E-state index contributed by atoms with van der Waals surface area (Å²) in [6.07, 6.45) is -6.14. The second-order valence-corrected chi connectivity index (χ2v) is 5.65. The molecule has 7 N–H and O–H groups in total. The van der Waals surface area contributed by atoms with Crippen LogP contribution in [0.2, 0.25) is 0 Å². The molecule has 1 rings (SSSR count). The largest absolute Gasteiger partial charge is 0.480 e. The Labute approximate surface area is 114 Å². The molecule has 0 unspecified atom stereocenters. The van der Waals surface area contributed by atoms with E-state index < -0.39 is 43.0 Å². The molecule has 0 saturated carbocycles. The van der Waals surface area contributed by atoms with Gasteiger partial charge in [0.05, 0.1) is 18.1 Å². The van der Waals surface area contributed by atoms with E-state index in [9.17, 15) is 20.1 Å². The molecule has 0 aromatic rings. The summed E-state index contributed by atoms with van der Waals surface area (Å²) in [7, 11) is 0. The smallest absolute Gasteiger partial charge is 0.321 e. The van der Waals surface area contributed by atoms with Gasteiger partial charge in [0.25, 0.3) is 0 Å². The van der Waals surface area contributed by atoms with Gasteiger partial charge in [0, 0.05) is 12.2 Å². The van der Waals surface area contributed by atoms with E-state index >= 15 is 0 Å². The lowest BCUT2D eigenvalue weighted by molar-refractivity contribution is -0.138. The Bertz CT molecular complexity index is 306. The highest BCUT2D eigenvalue weighted by molar-refractivity contribution is 8.00. The topological polar surface area (TPSA) is 150 Å². The molecule has 0 aromatic carbocycles. The first-order valence-corrected chi connectivity index (χ1v) is 6.85. The van der Waals surface area contributed by atoms with Gasteiger partial charge >= 0.3 is 5.97 Å². The summed E-state index contributed by atoms with van der Waals surface area (Å²) in [6, 6.07) is -0.702. The minimum atomic E-state index is -1.67.